The molecule has 0 aliphatic heterocycles. The Morgan fingerprint density at radius 3 is 2.53 bits per heavy atom. The first-order valence-electron chi connectivity index (χ1n) is 6.28. The van der Waals surface area contributed by atoms with E-state index in [2.05, 4.69) is 86.1 Å². The van der Waals surface area contributed by atoms with E-state index >= 15 is 0 Å². The second-order valence-electron chi connectivity index (χ2n) is 4.33. The molecule has 0 saturated heterocycles. The van der Waals surface area contributed by atoms with Crippen LogP contribution in [0.4, 0.5) is 0 Å². The molecule has 19 heavy (non-hydrogen) atoms. The van der Waals surface area contributed by atoms with Crippen molar-refractivity contribution < 1.29 is 0 Å². The molecule has 4 heteroatoms. The van der Waals surface area contributed by atoms with Gasteiger partial charge in [0, 0.05) is 32.4 Å². The van der Waals surface area contributed by atoms with Gasteiger partial charge in [-0.05, 0) is 74.9 Å². The number of hydrogen-bond donors (Lipinski definition) is 1. The zero-order valence-corrected chi connectivity index (χ0v) is 14.5. The summed E-state index contributed by atoms with van der Waals surface area (Å²) in [6.07, 6.45) is 2.76. The van der Waals surface area contributed by atoms with E-state index in [4.69, 9.17) is 0 Å². The average molecular weight is 431 g/mol. The van der Waals surface area contributed by atoms with Crippen LogP contribution in [0.1, 0.15) is 24.2 Å². The van der Waals surface area contributed by atoms with E-state index in [1.807, 2.05) is 12.3 Å². The van der Waals surface area contributed by atoms with Gasteiger partial charge in [0.2, 0.25) is 0 Å². The summed E-state index contributed by atoms with van der Waals surface area (Å²) in [6, 6.07) is 13.1. The molecular formula is C15H16BrIN2. The maximum Gasteiger partial charge on any atom is 0.0423 e. The molecule has 0 radical (unpaired) electrons. The van der Waals surface area contributed by atoms with Crippen molar-refractivity contribution in [3.05, 3.63) is 61.9 Å². The Labute approximate surface area is 136 Å². The fourth-order valence-electron chi connectivity index (χ4n) is 1.99. The Morgan fingerprint density at radius 2 is 1.95 bits per heavy atom. The summed E-state index contributed by atoms with van der Waals surface area (Å²) in [5.41, 5.74) is 2.42. The number of likely N-dealkylation sites (N-methyl/N-ethyl adjacent to an activating group) is 1. The van der Waals surface area contributed by atoms with Gasteiger partial charge >= 0.3 is 0 Å². The number of benzene rings is 1. The van der Waals surface area contributed by atoms with Gasteiger partial charge in [0.05, 0.1) is 0 Å². The number of rotatable bonds is 5. The normalized spacial score (nSPS) is 12.4. The van der Waals surface area contributed by atoms with Gasteiger partial charge in [0.15, 0.2) is 0 Å². The lowest BCUT2D eigenvalue weighted by Crippen LogP contribution is -2.23. The smallest absolute Gasteiger partial charge is 0.0423 e. The maximum absolute atomic E-state index is 4.46. The number of pyridine rings is 1. The Balaban J connectivity index is 2.15. The molecule has 1 atom stereocenters. The fraction of sp³-hybridized carbons (Fsp3) is 0.267. The lowest BCUT2D eigenvalue weighted by Gasteiger charge is -2.18. The van der Waals surface area contributed by atoms with Crippen LogP contribution in [0.15, 0.2) is 47.1 Å². The minimum atomic E-state index is 0.315. The number of halogens is 2. The Bertz CT molecular complexity index is 511. The van der Waals surface area contributed by atoms with Crippen molar-refractivity contribution in [3.63, 3.8) is 0 Å². The van der Waals surface area contributed by atoms with Crippen molar-refractivity contribution in [2.75, 3.05) is 6.54 Å². The predicted molar refractivity (Wildman–Crippen MR) is 91.2 cm³/mol. The van der Waals surface area contributed by atoms with E-state index in [0.29, 0.717) is 6.04 Å². The molecule has 0 fully saturated rings. The topological polar surface area (TPSA) is 24.9 Å². The summed E-state index contributed by atoms with van der Waals surface area (Å²) in [4.78, 5) is 4.46. The minimum absolute atomic E-state index is 0.315. The highest BCUT2D eigenvalue weighted by Crippen LogP contribution is 2.19. The lowest BCUT2D eigenvalue weighted by atomic mass is 10.0. The van der Waals surface area contributed by atoms with E-state index in [9.17, 15) is 0 Å². The number of nitrogens with one attached hydrogen (secondary N) is 1. The first-order valence-corrected chi connectivity index (χ1v) is 8.15. The SMILES string of the molecule is CCNC(Cc1ccc(Br)cn1)c1ccc(I)cc1. The van der Waals surface area contributed by atoms with Crippen molar-refractivity contribution in [1.29, 1.82) is 0 Å². The molecule has 1 aromatic heterocycles. The second-order valence-corrected chi connectivity index (χ2v) is 6.50. The van der Waals surface area contributed by atoms with Crippen LogP contribution in [0.25, 0.3) is 0 Å². The van der Waals surface area contributed by atoms with Crippen molar-refractivity contribution >= 4 is 38.5 Å². The predicted octanol–water partition coefficient (Wildman–Crippen LogP) is 4.34. The van der Waals surface area contributed by atoms with E-state index < -0.39 is 0 Å². The zero-order valence-electron chi connectivity index (χ0n) is 10.7. The highest BCUT2D eigenvalue weighted by atomic mass is 127. The molecule has 1 N–H and O–H groups in total. The first-order chi connectivity index (χ1) is 9.19. The quantitative estimate of drug-likeness (QED) is 0.713. The van der Waals surface area contributed by atoms with Crippen LogP contribution >= 0.6 is 38.5 Å². The number of hydrogen-bond acceptors (Lipinski definition) is 2. The fourth-order valence-corrected chi connectivity index (χ4v) is 2.58. The van der Waals surface area contributed by atoms with E-state index in [-0.39, 0.29) is 0 Å². The number of aromatic nitrogens is 1. The van der Waals surface area contributed by atoms with Gasteiger partial charge < -0.3 is 5.32 Å². The lowest BCUT2D eigenvalue weighted by molar-refractivity contribution is 0.544. The molecule has 1 unspecified atom stereocenters. The monoisotopic (exact) mass is 430 g/mol. The van der Waals surface area contributed by atoms with Crippen molar-refractivity contribution in [2.24, 2.45) is 0 Å². The maximum atomic E-state index is 4.46. The van der Waals surface area contributed by atoms with Gasteiger partial charge in [-0.2, -0.15) is 0 Å². The van der Waals surface area contributed by atoms with Gasteiger partial charge in [-0.1, -0.05) is 19.1 Å². The summed E-state index contributed by atoms with van der Waals surface area (Å²) in [7, 11) is 0. The molecule has 100 valence electrons. The Kier molecular flexibility index (Phi) is 5.78. The molecule has 0 amide bonds. The van der Waals surface area contributed by atoms with Gasteiger partial charge in [-0.3, -0.25) is 4.98 Å². The molecule has 2 nitrogen and oxygen atoms in total. The van der Waals surface area contributed by atoms with Gasteiger partial charge in [-0.25, -0.2) is 0 Å². The van der Waals surface area contributed by atoms with E-state index in [0.717, 1.165) is 23.1 Å². The molecule has 0 bridgehead atoms. The molecule has 2 rings (SSSR count). The van der Waals surface area contributed by atoms with Crippen LogP contribution in [-0.4, -0.2) is 11.5 Å². The van der Waals surface area contributed by atoms with Gasteiger partial charge in [0.25, 0.3) is 0 Å². The Hall–Kier alpha value is -0.460. The van der Waals surface area contributed by atoms with Gasteiger partial charge in [0.1, 0.15) is 0 Å². The molecular weight excluding hydrogens is 415 g/mol. The third-order valence-electron chi connectivity index (χ3n) is 2.92. The first kappa shape index (κ1) is 14.9. The van der Waals surface area contributed by atoms with Crippen LogP contribution in [0.2, 0.25) is 0 Å². The summed E-state index contributed by atoms with van der Waals surface area (Å²) < 4.78 is 2.28. The molecule has 1 aromatic carbocycles. The van der Waals surface area contributed by atoms with Crippen molar-refractivity contribution in [1.82, 2.24) is 10.3 Å². The van der Waals surface area contributed by atoms with Crippen LogP contribution in [0.3, 0.4) is 0 Å². The summed E-state index contributed by atoms with van der Waals surface area (Å²) in [6.45, 7) is 3.09. The second kappa shape index (κ2) is 7.36. The third-order valence-corrected chi connectivity index (χ3v) is 4.11. The van der Waals surface area contributed by atoms with E-state index in [1.54, 1.807) is 0 Å². The largest absolute Gasteiger partial charge is 0.310 e. The summed E-state index contributed by atoms with van der Waals surface area (Å²) >= 11 is 5.75. The molecule has 0 aliphatic carbocycles. The number of nitrogens with zero attached hydrogens (tertiary/aromatic N) is 1. The Morgan fingerprint density at radius 1 is 1.21 bits per heavy atom. The van der Waals surface area contributed by atoms with Crippen LogP contribution < -0.4 is 5.32 Å². The summed E-state index contributed by atoms with van der Waals surface area (Å²) in [5, 5.41) is 3.53. The molecule has 2 aromatic rings. The molecule has 0 saturated carbocycles. The standard InChI is InChI=1S/C15H16BrIN2/c1-2-18-15(11-3-6-13(17)7-4-11)9-14-8-5-12(16)10-19-14/h3-8,10,15,18H,2,9H2,1H3. The average Bonchev–Trinajstić information content (AvgIpc) is 2.42. The van der Waals surface area contributed by atoms with E-state index in [1.165, 1.54) is 9.13 Å². The highest BCUT2D eigenvalue weighted by Gasteiger charge is 2.11. The highest BCUT2D eigenvalue weighted by molar-refractivity contribution is 14.1. The van der Waals surface area contributed by atoms with Crippen molar-refractivity contribution in [2.45, 2.75) is 19.4 Å². The van der Waals surface area contributed by atoms with Crippen LogP contribution in [-0.2, 0) is 6.42 Å². The molecule has 1 heterocycles. The molecule has 0 aliphatic rings. The molecule has 0 spiro atoms. The van der Waals surface area contributed by atoms with Crippen molar-refractivity contribution in [3.8, 4) is 0 Å². The minimum Gasteiger partial charge on any atom is -0.310 e. The third kappa shape index (κ3) is 4.54. The zero-order chi connectivity index (χ0) is 13.7. The van der Waals surface area contributed by atoms with Crippen LogP contribution in [0, 0.1) is 3.57 Å². The van der Waals surface area contributed by atoms with Crippen LogP contribution in [0.5, 0.6) is 0 Å². The summed E-state index contributed by atoms with van der Waals surface area (Å²) in [5.74, 6) is 0. The van der Waals surface area contributed by atoms with Gasteiger partial charge in [-0.15, -0.1) is 0 Å².